The maximum absolute atomic E-state index is 11.7. The van der Waals surface area contributed by atoms with Crippen LogP contribution >= 0.6 is 0 Å². The van der Waals surface area contributed by atoms with Gasteiger partial charge in [0.05, 0.1) is 5.69 Å². The number of amides is 1. The molecule has 0 saturated heterocycles. The van der Waals surface area contributed by atoms with Crippen LogP contribution < -0.4 is 16.2 Å². The monoisotopic (exact) mass is 309 g/mol. The highest BCUT2D eigenvalue weighted by molar-refractivity contribution is 5.67. The van der Waals surface area contributed by atoms with Crippen molar-refractivity contribution in [3.8, 4) is 0 Å². The first-order valence-corrected chi connectivity index (χ1v) is 7.65. The van der Waals surface area contributed by atoms with Crippen LogP contribution in [0, 0.1) is 0 Å². The summed E-state index contributed by atoms with van der Waals surface area (Å²) in [7, 11) is 0. The van der Waals surface area contributed by atoms with Crippen LogP contribution in [0.2, 0.25) is 0 Å². The van der Waals surface area contributed by atoms with Crippen LogP contribution in [-0.4, -0.2) is 28.8 Å². The van der Waals surface area contributed by atoms with E-state index in [1.54, 1.807) is 22.9 Å². The highest BCUT2D eigenvalue weighted by Crippen LogP contribution is 2.07. The normalized spacial score (nSPS) is 12.6. The van der Waals surface area contributed by atoms with Crippen LogP contribution in [0.3, 0.4) is 0 Å². The quantitative estimate of drug-likeness (QED) is 0.847. The molecule has 0 spiro atoms. The topological polar surface area (TPSA) is 72.4 Å². The number of alkyl carbamates (subject to hydrolysis) is 1. The molecule has 1 amide bonds. The molecular formula is C16H27N3O3. The number of hydrogen-bond donors (Lipinski definition) is 2. The van der Waals surface area contributed by atoms with Crippen LogP contribution in [0.25, 0.3) is 0 Å². The number of nitrogens with zero attached hydrogens (tertiary/aromatic N) is 1. The van der Waals surface area contributed by atoms with Crippen molar-refractivity contribution in [3.05, 3.63) is 28.7 Å². The van der Waals surface area contributed by atoms with Crippen molar-refractivity contribution in [2.24, 2.45) is 0 Å². The molecule has 1 rings (SSSR count). The van der Waals surface area contributed by atoms with E-state index in [-0.39, 0.29) is 11.6 Å². The molecule has 0 aliphatic rings. The lowest BCUT2D eigenvalue weighted by Gasteiger charge is -2.21. The fraction of sp³-hybridized carbons (Fsp3) is 0.625. The lowest BCUT2D eigenvalue weighted by Crippen LogP contribution is -2.38. The summed E-state index contributed by atoms with van der Waals surface area (Å²) >= 11 is 0. The van der Waals surface area contributed by atoms with E-state index in [2.05, 4.69) is 10.6 Å². The lowest BCUT2D eigenvalue weighted by molar-refractivity contribution is 0.0526. The van der Waals surface area contributed by atoms with Gasteiger partial charge in [0.15, 0.2) is 0 Å². The van der Waals surface area contributed by atoms with Crippen molar-refractivity contribution in [1.82, 2.24) is 9.88 Å². The molecule has 1 atom stereocenters. The number of hydrogen-bond acceptors (Lipinski definition) is 4. The molecule has 1 aromatic heterocycles. The number of nitrogens with one attached hydrogen (secondary N) is 2. The number of aromatic nitrogens is 1. The summed E-state index contributed by atoms with van der Waals surface area (Å²) < 4.78 is 6.86. The van der Waals surface area contributed by atoms with Crippen molar-refractivity contribution in [2.75, 3.05) is 11.9 Å². The minimum Gasteiger partial charge on any atom is -0.444 e. The fourth-order valence-corrected chi connectivity index (χ4v) is 1.92. The molecule has 0 radical (unpaired) electrons. The second-order valence-electron chi connectivity index (χ2n) is 6.38. The number of rotatable bonds is 6. The van der Waals surface area contributed by atoms with Crippen LogP contribution in [0.4, 0.5) is 10.5 Å². The Morgan fingerprint density at radius 2 is 2.05 bits per heavy atom. The van der Waals surface area contributed by atoms with Crippen molar-refractivity contribution in [2.45, 2.75) is 59.2 Å². The van der Waals surface area contributed by atoms with Crippen LogP contribution in [0.5, 0.6) is 0 Å². The second-order valence-corrected chi connectivity index (χ2v) is 6.38. The Morgan fingerprint density at radius 3 is 2.64 bits per heavy atom. The van der Waals surface area contributed by atoms with Gasteiger partial charge in [-0.1, -0.05) is 6.92 Å². The van der Waals surface area contributed by atoms with E-state index >= 15 is 0 Å². The summed E-state index contributed by atoms with van der Waals surface area (Å²) in [6, 6.07) is 3.31. The van der Waals surface area contributed by atoms with Gasteiger partial charge < -0.3 is 19.9 Å². The minimum atomic E-state index is -0.504. The summed E-state index contributed by atoms with van der Waals surface area (Å²) in [5.41, 5.74) is 0.342. The average Bonchev–Trinajstić information content (AvgIpc) is 2.39. The highest BCUT2D eigenvalue weighted by atomic mass is 16.6. The van der Waals surface area contributed by atoms with Crippen LogP contribution in [0.15, 0.2) is 23.1 Å². The maximum atomic E-state index is 11.7. The Labute approximate surface area is 131 Å². The lowest BCUT2D eigenvalue weighted by atomic mass is 10.2. The van der Waals surface area contributed by atoms with E-state index in [0.29, 0.717) is 13.1 Å². The van der Waals surface area contributed by atoms with Gasteiger partial charge in [0.1, 0.15) is 5.60 Å². The maximum Gasteiger partial charge on any atom is 0.407 e. The molecule has 2 N–H and O–H groups in total. The molecular weight excluding hydrogens is 282 g/mol. The van der Waals surface area contributed by atoms with Gasteiger partial charge in [-0.15, -0.1) is 0 Å². The van der Waals surface area contributed by atoms with Gasteiger partial charge in [-0.05, 0) is 40.2 Å². The SMILES string of the molecule is CCCn1cc(NC(C)CNC(=O)OC(C)(C)C)ccc1=O. The molecule has 0 saturated carbocycles. The standard InChI is InChI=1S/C16H27N3O3/c1-6-9-19-11-13(7-8-14(19)20)18-12(2)10-17-15(21)22-16(3,4)5/h7-8,11-12,18H,6,9-10H2,1-5H3,(H,17,21). The summed E-state index contributed by atoms with van der Waals surface area (Å²) in [5.74, 6) is 0. The third kappa shape index (κ3) is 6.65. The zero-order valence-electron chi connectivity index (χ0n) is 14.1. The Bertz CT molecular complexity index is 546. The summed E-state index contributed by atoms with van der Waals surface area (Å²) in [6.45, 7) is 10.6. The zero-order chi connectivity index (χ0) is 16.8. The van der Waals surface area contributed by atoms with E-state index in [1.165, 1.54) is 0 Å². The second kappa shape index (κ2) is 7.87. The summed E-state index contributed by atoms with van der Waals surface area (Å²) in [4.78, 5) is 23.2. The van der Waals surface area contributed by atoms with Crippen LogP contribution in [0.1, 0.15) is 41.0 Å². The largest absolute Gasteiger partial charge is 0.444 e. The molecule has 1 aromatic rings. The first kappa shape index (κ1) is 18.1. The Balaban J connectivity index is 2.51. The van der Waals surface area contributed by atoms with E-state index in [9.17, 15) is 9.59 Å². The molecule has 0 bridgehead atoms. The van der Waals surface area contributed by atoms with Gasteiger partial charge in [-0.2, -0.15) is 0 Å². The highest BCUT2D eigenvalue weighted by Gasteiger charge is 2.16. The molecule has 22 heavy (non-hydrogen) atoms. The number of pyridine rings is 1. The third-order valence-electron chi connectivity index (χ3n) is 2.81. The van der Waals surface area contributed by atoms with Gasteiger partial charge in [0, 0.05) is 31.4 Å². The molecule has 6 nitrogen and oxygen atoms in total. The smallest absolute Gasteiger partial charge is 0.407 e. The van der Waals surface area contributed by atoms with Crippen molar-refractivity contribution < 1.29 is 9.53 Å². The predicted molar refractivity (Wildman–Crippen MR) is 88.3 cm³/mol. The van der Waals surface area contributed by atoms with Crippen molar-refractivity contribution in [1.29, 1.82) is 0 Å². The van der Waals surface area contributed by atoms with E-state index < -0.39 is 11.7 Å². The van der Waals surface area contributed by atoms with Gasteiger partial charge in [-0.3, -0.25) is 4.79 Å². The number of carbonyl (C=O) groups excluding carboxylic acids is 1. The predicted octanol–water partition coefficient (Wildman–Crippen LogP) is 2.58. The zero-order valence-corrected chi connectivity index (χ0v) is 14.1. The molecule has 0 aromatic carbocycles. The Hall–Kier alpha value is -1.98. The third-order valence-corrected chi connectivity index (χ3v) is 2.81. The van der Waals surface area contributed by atoms with Crippen molar-refractivity contribution in [3.63, 3.8) is 0 Å². The molecule has 0 aliphatic heterocycles. The minimum absolute atomic E-state index is 0.00747. The fourth-order valence-electron chi connectivity index (χ4n) is 1.92. The van der Waals surface area contributed by atoms with Gasteiger partial charge in [0.25, 0.3) is 5.56 Å². The first-order chi connectivity index (χ1) is 10.2. The van der Waals surface area contributed by atoms with Gasteiger partial charge in [0.2, 0.25) is 0 Å². The molecule has 0 aliphatic carbocycles. The molecule has 0 fully saturated rings. The van der Waals surface area contributed by atoms with Crippen molar-refractivity contribution >= 4 is 11.8 Å². The van der Waals surface area contributed by atoms with Gasteiger partial charge in [-0.25, -0.2) is 4.79 Å². The van der Waals surface area contributed by atoms with E-state index in [0.717, 1.165) is 12.1 Å². The number of carbonyl (C=O) groups is 1. The Kier molecular flexibility index (Phi) is 6.46. The van der Waals surface area contributed by atoms with E-state index in [1.807, 2.05) is 34.6 Å². The molecule has 6 heteroatoms. The Morgan fingerprint density at radius 1 is 1.36 bits per heavy atom. The number of aryl methyl sites for hydroxylation is 1. The molecule has 1 heterocycles. The van der Waals surface area contributed by atoms with Crippen LogP contribution in [-0.2, 0) is 11.3 Å². The number of anilines is 1. The number of ether oxygens (including phenoxy) is 1. The molecule has 1 unspecified atom stereocenters. The van der Waals surface area contributed by atoms with E-state index in [4.69, 9.17) is 4.74 Å². The summed E-state index contributed by atoms with van der Waals surface area (Å²) in [5, 5.41) is 5.97. The first-order valence-electron chi connectivity index (χ1n) is 7.65. The van der Waals surface area contributed by atoms with Gasteiger partial charge >= 0.3 is 6.09 Å². The molecule has 124 valence electrons. The summed E-state index contributed by atoms with van der Waals surface area (Å²) in [6.07, 6.45) is 2.27. The average molecular weight is 309 g/mol.